The Morgan fingerprint density at radius 2 is 1.89 bits per heavy atom. The molecule has 1 saturated carbocycles. The van der Waals surface area contributed by atoms with Gasteiger partial charge < -0.3 is 14.8 Å². The first-order valence-electron chi connectivity index (χ1n) is 10.9. The lowest BCUT2D eigenvalue weighted by Crippen LogP contribution is -2.51. The molecule has 2 heterocycles. The van der Waals surface area contributed by atoms with Gasteiger partial charge in [0.15, 0.2) is 5.75 Å². The van der Waals surface area contributed by atoms with Crippen LogP contribution >= 0.6 is 15.9 Å². The maximum Gasteiger partial charge on any atom is 0.573 e. The van der Waals surface area contributed by atoms with E-state index in [1.807, 2.05) is 4.90 Å². The van der Waals surface area contributed by atoms with Crippen molar-refractivity contribution in [2.75, 3.05) is 31.6 Å². The first kappa shape index (κ1) is 23.8. The summed E-state index contributed by atoms with van der Waals surface area (Å²) in [6.07, 6.45) is -2.48. The summed E-state index contributed by atoms with van der Waals surface area (Å²) in [6, 6.07) is 8.65. The number of alkyl halides is 3. The van der Waals surface area contributed by atoms with Crippen molar-refractivity contribution < 1.29 is 27.4 Å². The minimum atomic E-state index is -4.96. The highest BCUT2D eigenvalue weighted by molar-refractivity contribution is 9.10. The van der Waals surface area contributed by atoms with Gasteiger partial charge in [0, 0.05) is 17.6 Å². The number of morpholine rings is 1. The number of amides is 1. The fraction of sp³-hybridized carbons (Fsp3) is 0.348. The lowest BCUT2D eigenvalue weighted by atomic mass is 10.1. The number of carbonyl (C=O) groups is 1. The van der Waals surface area contributed by atoms with E-state index < -0.39 is 29.1 Å². The number of carbonyl (C=O) groups excluding carboxylic acids is 1. The summed E-state index contributed by atoms with van der Waals surface area (Å²) in [5.74, 6) is -0.990. The van der Waals surface area contributed by atoms with Gasteiger partial charge in [-0.15, -0.1) is 13.2 Å². The normalized spacial score (nSPS) is 17.8. The largest absolute Gasteiger partial charge is 0.573 e. The van der Waals surface area contributed by atoms with E-state index in [2.05, 4.69) is 31.0 Å². The Morgan fingerprint density at radius 3 is 2.57 bits per heavy atom. The quantitative estimate of drug-likeness (QED) is 0.517. The topological polar surface area (TPSA) is 85.7 Å². The van der Waals surface area contributed by atoms with Crippen molar-refractivity contribution in [1.82, 2.24) is 14.5 Å². The van der Waals surface area contributed by atoms with Crippen molar-refractivity contribution in [3.63, 3.8) is 0 Å². The number of hydrogen-bond donors (Lipinski definition) is 1. The van der Waals surface area contributed by atoms with Crippen LogP contribution in [-0.2, 0) is 9.53 Å². The number of rotatable bonds is 5. The summed E-state index contributed by atoms with van der Waals surface area (Å²) in [5.41, 5.74) is -0.687. The molecule has 1 aliphatic heterocycles. The fourth-order valence-corrected chi connectivity index (χ4v) is 4.64. The fourth-order valence-electron chi connectivity index (χ4n) is 4.29. The first-order chi connectivity index (χ1) is 16.7. The number of fused-ring (bicyclic) bond motifs is 1. The van der Waals surface area contributed by atoms with Crippen LogP contribution in [0.15, 0.2) is 52.0 Å². The van der Waals surface area contributed by atoms with Crippen molar-refractivity contribution >= 4 is 38.4 Å². The van der Waals surface area contributed by atoms with Gasteiger partial charge in [-0.2, -0.15) is 0 Å². The number of ether oxygens (including phenoxy) is 2. The van der Waals surface area contributed by atoms with Gasteiger partial charge in [-0.3, -0.25) is 19.1 Å². The number of anilines is 1. The maximum atomic E-state index is 13.2. The second-order valence-electron chi connectivity index (χ2n) is 8.39. The van der Waals surface area contributed by atoms with E-state index >= 15 is 0 Å². The average Bonchev–Trinajstić information content (AvgIpc) is 3.62. The first-order valence-corrected chi connectivity index (χ1v) is 11.7. The van der Waals surface area contributed by atoms with Crippen molar-refractivity contribution in [3.05, 3.63) is 57.6 Å². The number of benzene rings is 2. The molecule has 1 aliphatic carbocycles. The summed E-state index contributed by atoms with van der Waals surface area (Å²) < 4.78 is 50.7. The Balaban J connectivity index is 1.52. The second kappa shape index (κ2) is 8.92. The lowest BCUT2D eigenvalue weighted by molar-refractivity contribution is -0.274. The molecule has 0 atom stereocenters. The van der Waals surface area contributed by atoms with E-state index in [4.69, 9.17) is 4.74 Å². The number of aromatic nitrogens is 2. The van der Waals surface area contributed by atoms with Gasteiger partial charge in [-0.05, 0) is 49.2 Å². The highest BCUT2D eigenvalue weighted by Gasteiger charge is 2.54. The minimum absolute atomic E-state index is 0.188. The third-order valence-electron chi connectivity index (χ3n) is 6.20. The summed E-state index contributed by atoms with van der Waals surface area (Å²) in [6.45, 7) is 2.10. The van der Waals surface area contributed by atoms with Crippen LogP contribution in [0.1, 0.15) is 12.8 Å². The van der Waals surface area contributed by atoms with Crippen LogP contribution in [0.4, 0.5) is 18.9 Å². The van der Waals surface area contributed by atoms with Crippen LogP contribution in [0.2, 0.25) is 0 Å². The zero-order chi connectivity index (χ0) is 24.8. The highest BCUT2D eigenvalue weighted by atomic mass is 79.9. The molecule has 35 heavy (non-hydrogen) atoms. The summed E-state index contributed by atoms with van der Waals surface area (Å²) >= 11 is 3.33. The standard InChI is InChI=1S/C23H20BrF3N4O4/c24-14-1-3-16-17(11-14)28-13-31(20(16)32)15-2-4-19(35-23(25,26)27)18(12-15)29-21(33)22(5-6-22)30-7-9-34-10-8-30/h1-4,11-13H,5-10H2,(H,29,33). The van der Waals surface area contributed by atoms with Gasteiger partial charge in [-0.1, -0.05) is 15.9 Å². The molecule has 0 radical (unpaired) electrons. The third kappa shape index (κ3) is 4.78. The molecule has 12 heteroatoms. The van der Waals surface area contributed by atoms with Gasteiger partial charge >= 0.3 is 6.36 Å². The number of nitrogens with zero attached hydrogens (tertiary/aromatic N) is 3. The highest BCUT2D eigenvalue weighted by Crippen LogP contribution is 2.44. The molecule has 1 amide bonds. The van der Waals surface area contributed by atoms with E-state index in [-0.39, 0.29) is 11.4 Å². The molecule has 1 N–H and O–H groups in total. The van der Waals surface area contributed by atoms with Crippen LogP contribution in [0.25, 0.3) is 16.6 Å². The van der Waals surface area contributed by atoms with Gasteiger partial charge in [0.1, 0.15) is 11.9 Å². The van der Waals surface area contributed by atoms with Crippen LogP contribution in [0.5, 0.6) is 5.75 Å². The lowest BCUT2D eigenvalue weighted by Gasteiger charge is -2.34. The number of nitrogens with one attached hydrogen (secondary N) is 1. The van der Waals surface area contributed by atoms with Crippen molar-refractivity contribution in [1.29, 1.82) is 0 Å². The van der Waals surface area contributed by atoms with Gasteiger partial charge in [0.05, 0.1) is 35.5 Å². The molecule has 8 nitrogen and oxygen atoms in total. The number of hydrogen-bond acceptors (Lipinski definition) is 6. The van der Waals surface area contributed by atoms with Crippen molar-refractivity contribution in [2.24, 2.45) is 0 Å². The molecule has 0 spiro atoms. The maximum absolute atomic E-state index is 13.2. The molecule has 5 rings (SSSR count). The molecule has 2 fully saturated rings. The molecular weight excluding hydrogens is 533 g/mol. The van der Waals surface area contributed by atoms with Gasteiger partial charge in [-0.25, -0.2) is 4.98 Å². The van der Waals surface area contributed by atoms with Crippen LogP contribution in [0, 0.1) is 0 Å². The Kier molecular flexibility index (Phi) is 6.06. The molecule has 2 aliphatic rings. The molecule has 1 aromatic heterocycles. The predicted octanol–water partition coefficient (Wildman–Crippen LogP) is 3.85. The van der Waals surface area contributed by atoms with E-state index in [1.165, 1.54) is 23.0 Å². The van der Waals surface area contributed by atoms with E-state index in [0.29, 0.717) is 50.0 Å². The van der Waals surface area contributed by atoms with Crippen LogP contribution < -0.4 is 15.6 Å². The second-order valence-corrected chi connectivity index (χ2v) is 9.31. The third-order valence-corrected chi connectivity index (χ3v) is 6.69. The molecule has 0 unspecified atom stereocenters. The van der Waals surface area contributed by atoms with Crippen molar-refractivity contribution in [3.8, 4) is 11.4 Å². The van der Waals surface area contributed by atoms with E-state index in [1.54, 1.807) is 18.2 Å². The Bertz CT molecular complexity index is 1350. The zero-order valence-corrected chi connectivity index (χ0v) is 19.9. The summed E-state index contributed by atoms with van der Waals surface area (Å²) in [4.78, 5) is 32.5. The molecule has 1 saturated heterocycles. The van der Waals surface area contributed by atoms with Crippen LogP contribution in [0.3, 0.4) is 0 Å². The average molecular weight is 553 g/mol. The smallest absolute Gasteiger partial charge is 0.404 e. The Hall–Kier alpha value is -2.96. The van der Waals surface area contributed by atoms with Gasteiger partial charge in [0.25, 0.3) is 5.56 Å². The minimum Gasteiger partial charge on any atom is -0.404 e. The SMILES string of the molecule is O=C(Nc1cc(-n2cnc3cc(Br)ccc3c2=O)ccc1OC(F)(F)F)C1(N2CCOCC2)CC1. The van der Waals surface area contributed by atoms with E-state index in [0.717, 1.165) is 10.5 Å². The molecular formula is C23H20BrF3N4O4. The monoisotopic (exact) mass is 552 g/mol. The van der Waals surface area contributed by atoms with E-state index in [9.17, 15) is 22.8 Å². The van der Waals surface area contributed by atoms with Crippen molar-refractivity contribution in [2.45, 2.75) is 24.7 Å². The zero-order valence-electron chi connectivity index (χ0n) is 18.3. The Labute approximate surface area is 205 Å². The molecule has 0 bridgehead atoms. The summed E-state index contributed by atoms with van der Waals surface area (Å²) in [5, 5.41) is 2.95. The Morgan fingerprint density at radius 1 is 1.14 bits per heavy atom. The summed E-state index contributed by atoms with van der Waals surface area (Å²) in [7, 11) is 0. The predicted molar refractivity (Wildman–Crippen MR) is 125 cm³/mol. The molecule has 184 valence electrons. The number of halogens is 4. The van der Waals surface area contributed by atoms with Gasteiger partial charge in [0.2, 0.25) is 5.91 Å². The molecule has 3 aromatic rings. The van der Waals surface area contributed by atoms with Crippen LogP contribution in [-0.4, -0.2) is 58.6 Å². The molecule has 2 aromatic carbocycles.